The highest BCUT2D eigenvalue weighted by Gasteiger charge is 2.11. The summed E-state index contributed by atoms with van der Waals surface area (Å²) in [6.45, 7) is 4.04. The number of sulfonamides is 1. The Morgan fingerprint density at radius 3 is 2.79 bits per heavy atom. The van der Waals surface area contributed by atoms with Crippen LogP contribution in [0.3, 0.4) is 0 Å². The highest BCUT2D eigenvalue weighted by molar-refractivity contribution is 7.92. The van der Waals surface area contributed by atoms with E-state index in [9.17, 15) is 8.42 Å². The van der Waals surface area contributed by atoms with Crippen molar-refractivity contribution in [2.75, 3.05) is 0 Å². The molecule has 0 aliphatic rings. The fraction of sp³-hybridized carbons (Fsp3) is 0.444. The van der Waals surface area contributed by atoms with Gasteiger partial charge in [0.15, 0.2) is 0 Å². The van der Waals surface area contributed by atoms with E-state index >= 15 is 0 Å². The molecule has 0 atom stereocenters. The highest BCUT2D eigenvalue weighted by Crippen LogP contribution is 2.17. The molecule has 0 fully saturated rings. The minimum atomic E-state index is -3.42. The Hall–Kier alpha value is -0.680. The number of rotatable bonds is 4. The smallest absolute Gasteiger partial charge is 0.198 e. The molecular formula is C9H13NO2S2. The molecule has 14 heavy (non-hydrogen) atoms. The molecule has 0 aliphatic heterocycles. The zero-order valence-electron chi connectivity index (χ0n) is 8.17. The van der Waals surface area contributed by atoms with Crippen molar-refractivity contribution in [1.29, 1.82) is 0 Å². The summed E-state index contributed by atoms with van der Waals surface area (Å²) in [7, 11) is -3.42. The lowest BCUT2D eigenvalue weighted by atomic mass is 10.2. The molecule has 78 valence electrons. The highest BCUT2D eigenvalue weighted by atomic mass is 32.2. The van der Waals surface area contributed by atoms with E-state index in [0.29, 0.717) is 16.5 Å². The van der Waals surface area contributed by atoms with Crippen molar-refractivity contribution in [1.82, 2.24) is 0 Å². The second kappa shape index (κ2) is 4.70. The molecule has 0 amide bonds. The molecule has 0 unspecified atom stereocenters. The molecule has 0 saturated heterocycles. The van der Waals surface area contributed by atoms with Crippen LogP contribution in [0.5, 0.6) is 0 Å². The van der Waals surface area contributed by atoms with Gasteiger partial charge >= 0.3 is 0 Å². The third-order valence-electron chi connectivity index (χ3n) is 1.54. The summed E-state index contributed by atoms with van der Waals surface area (Å²) in [6, 6.07) is 3.27. The van der Waals surface area contributed by atoms with Crippen LogP contribution in [0.1, 0.15) is 20.3 Å². The lowest BCUT2D eigenvalue weighted by Gasteiger charge is -1.96. The van der Waals surface area contributed by atoms with Crippen LogP contribution in [0.4, 0.5) is 0 Å². The van der Waals surface area contributed by atoms with Crippen molar-refractivity contribution in [3.05, 3.63) is 17.5 Å². The van der Waals surface area contributed by atoms with Gasteiger partial charge in [-0.05, 0) is 23.8 Å². The van der Waals surface area contributed by atoms with E-state index < -0.39 is 10.0 Å². The minimum Gasteiger partial charge on any atom is -0.198 e. The lowest BCUT2D eigenvalue weighted by molar-refractivity contribution is 0.599. The van der Waals surface area contributed by atoms with E-state index in [-0.39, 0.29) is 0 Å². The van der Waals surface area contributed by atoms with E-state index in [0.717, 1.165) is 0 Å². The standard InChI is InChI=1S/C9H13NO2S2/c1-8(2)5-6-10-14(11,12)9-4-3-7-13-9/h3-4,6-8H,5H2,1-2H3/b10-6+. The molecule has 1 rings (SSSR count). The maximum atomic E-state index is 11.5. The summed E-state index contributed by atoms with van der Waals surface area (Å²) < 4.78 is 26.9. The molecule has 1 heterocycles. The van der Waals surface area contributed by atoms with Crippen molar-refractivity contribution in [2.45, 2.75) is 24.5 Å². The van der Waals surface area contributed by atoms with Gasteiger partial charge in [0.1, 0.15) is 4.21 Å². The van der Waals surface area contributed by atoms with Crippen LogP contribution in [0.15, 0.2) is 26.1 Å². The largest absolute Gasteiger partial charge is 0.291 e. The molecule has 3 nitrogen and oxygen atoms in total. The maximum Gasteiger partial charge on any atom is 0.291 e. The van der Waals surface area contributed by atoms with Crippen LogP contribution in [-0.4, -0.2) is 14.6 Å². The Kier molecular flexibility index (Phi) is 3.83. The van der Waals surface area contributed by atoms with E-state index in [1.165, 1.54) is 17.6 Å². The van der Waals surface area contributed by atoms with Crippen molar-refractivity contribution in [3.8, 4) is 0 Å². The zero-order valence-corrected chi connectivity index (χ0v) is 9.81. The molecule has 5 heteroatoms. The molecular weight excluding hydrogens is 218 g/mol. The normalized spacial score (nSPS) is 12.8. The zero-order chi connectivity index (χ0) is 10.6. The van der Waals surface area contributed by atoms with Crippen molar-refractivity contribution < 1.29 is 8.42 Å². The summed E-state index contributed by atoms with van der Waals surface area (Å²) in [5.41, 5.74) is 0. The number of hydrogen-bond acceptors (Lipinski definition) is 3. The summed E-state index contributed by atoms with van der Waals surface area (Å²) in [4.78, 5) is 0. The van der Waals surface area contributed by atoms with Crippen LogP contribution >= 0.6 is 11.3 Å². The van der Waals surface area contributed by atoms with Crippen molar-refractivity contribution in [2.24, 2.45) is 10.3 Å². The molecule has 0 aromatic carbocycles. The first-order valence-corrected chi connectivity index (χ1v) is 6.66. The van der Waals surface area contributed by atoms with E-state index in [1.54, 1.807) is 17.5 Å². The van der Waals surface area contributed by atoms with Gasteiger partial charge in [0.05, 0.1) is 0 Å². The van der Waals surface area contributed by atoms with Crippen LogP contribution in [0.2, 0.25) is 0 Å². The topological polar surface area (TPSA) is 46.5 Å². The SMILES string of the molecule is CC(C)C/C=N/S(=O)(=O)c1cccs1. The minimum absolute atomic E-state index is 0.303. The average Bonchev–Trinajstić information content (AvgIpc) is 2.54. The summed E-state index contributed by atoms with van der Waals surface area (Å²) in [6.07, 6.45) is 2.16. The third-order valence-corrected chi connectivity index (χ3v) is 4.19. The Morgan fingerprint density at radius 1 is 1.57 bits per heavy atom. The second-order valence-corrected chi connectivity index (χ2v) is 6.13. The first kappa shape index (κ1) is 11.4. The molecule has 0 N–H and O–H groups in total. The fourth-order valence-electron chi connectivity index (χ4n) is 0.814. The number of hydrogen-bond donors (Lipinski definition) is 0. The van der Waals surface area contributed by atoms with Gasteiger partial charge in [0, 0.05) is 6.21 Å². The van der Waals surface area contributed by atoms with Gasteiger partial charge in [0.2, 0.25) is 0 Å². The van der Waals surface area contributed by atoms with Gasteiger partial charge in [-0.2, -0.15) is 12.8 Å². The molecule has 1 aromatic rings. The maximum absolute atomic E-state index is 11.5. The average molecular weight is 231 g/mol. The van der Waals surface area contributed by atoms with Gasteiger partial charge in [-0.3, -0.25) is 0 Å². The first-order chi connectivity index (χ1) is 6.52. The Labute approximate surface area is 88.6 Å². The van der Waals surface area contributed by atoms with E-state index in [1.807, 2.05) is 13.8 Å². The predicted molar refractivity (Wildman–Crippen MR) is 59.5 cm³/mol. The second-order valence-electron chi connectivity index (χ2n) is 3.32. The monoisotopic (exact) mass is 231 g/mol. The van der Waals surface area contributed by atoms with Gasteiger partial charge in [-0.1, -0.05) is 19.9 Å². The number of nitrogens with zero attached hydrogens (tertiary/aromatic N) is 1. The van der Waals surface area contributed by atoms with Crippen LogP contribution in [0.25, 0.3) is 0 Å². The number of thiophene rings is 1. The van der Waals surface area contributed by atoms with Gasteiger partial charge < -0.3 is 0 Å². The quantitative estimate of drug-likeness (QED) is 0.748. The van der Waals surface area contributed by atoms with Gasteiger partial charge in [-0.15, -0.1) is 11.3 Å². The van der Waals surface area contributed by atoms with Crippen LogP contribution < -0.4 is 0 Å². The molecule has 0 radical (unpaired) electrons. The molecule has 0 spiro atoms. The predicted octanol–water partition coefficient (Wildman–Crippen LogP) is 2.55. The van der Waals surface area contributed by atoms with E-state index in [2.05, 4.69) is 4.40 Å². The fourth-order valence-corrected chi connectivity index (χ4v) is 2.68. The van der Waals surface area contributed by atoms with E-state index in [4.69, 9.17) is 0 Å². The summed E-state index contributed by atoms with van der Waals surface area (Å²) in [5.74, 6) is 0.428. The van der Waals surface area contributed by atoms with Gasteiger partial charge in [-0.25, -0.2) is 0 Å². The van der Waals surface area contributed by atoms with Crippen molar-refractivity contribution >= 4 is 27.6 Å². The Balaban J connectivity index is 2.74. The molecule has 1 aromatic heterocycles. The molecule has 0 bridgehead atoms. The van der Waals surface area contributed by atoms with Crippen LogP contribution in [0, 0.1) is 5.92 Å². The summed E-state index contributed by atoms with van der Waals surface area (Å²) in [5, 5.41) is 1.73. The first-order valence-electron chi connectivity index (χ1n) is 4.34. The lowest BCUT2D eigenvalue weighted by Crippen LogP contribution is -1.95. The van der Waals surface area contributed by atoms with Crippen LogP contribution in [-0.2, 0) is 10.0 Å². The molecule has 0 aliphatic carbocycles. The van der Waals surface area contributed by atoms with Gasteiger partial charge in [0.25, 0.3) is 10.0 Å². The Bertz CT molecular complexity index is 390. The Morgan fingerprint density at radius 2 is 2.29 bits per heavy atom. The van der Waals surface area contributed by atoms with Crippen molar-refractivity contribution in [3.63, 3.8) is 0 Å². The third kappa shape index (κ3) is 3.23. The summed E-state index contributed by atoms with van der Waals surface area (Å²) >= 11 is 1.19. The molecule has 0 saturated carbocycles.